The van der Waals surface area contributed by atoms with Gasteiger partial charge in [-0.15, -0.1) is 0 Å². The molecule has 0 saturated heterocycles. The standard InChI is InChI=1S/C12H22N2O3/c1-8(2)13-11(15)9(3)17-14-12(16)10-6-4-5-7-10/h8-10H,4-7H2,1-3H3,(H,13,15)(H,14,16)/t9-/m0/s1. The van der Waals surface area contributed by atoms with Gasteiger partial charge >= 0.3 is 0 Å². The zero-order valence-electron chi connectivity index (χ0n) is 10.8. The van der Waals surface area contributed by atoms with Crippen molar-refractivity contribution in [2.24, 2.45) is 5.92 Å². The van der Waals surface area contributed by atoms with Gasteiger partial charge in [0.25, 0.3) is 5.91 Å². The zero-order chi connectivity index (χ0) is 12.8. The first-order valence-electron chi connectivity index (χ1n) is 6.26. The summed E-state index contributed by atoms with van der Waals surface area (Å²) in [5.41, 5.74) is 2.38. The first-order chi connectivity index (χ1) is 8.00. The summed E-state index contributed by atoms with van der Waals surface area (Å²) in [4.78, 5) is 28.2. The van der Waals surface area contributed by atoms with Gasteiger partial charge in [0.2, 0.25) is 5.91 Å². The molecule has 5 heteroatoms. The minimum Gasteiger partial charge on any atom is -0.352 e. The van der Waals surface area contributed by atoms with Gasteiger partial charge in [-0.2, -0.15) is 0 Å². The van der Waals surface area contributed by atoms with Gasteiger partial charge in [0.1, 0.15) is 0 Å². The molecule has 1 aliphatic rings. The highest BCUT2D eigenvalue weighted by atomic mass is 16.7. The molecule has 5 nitrogen and oxygen atoms in total. The van der Waals surface area contributed by atoms with Gasteiger partial charge in [0, 0.05) is 12.0 Å². The van der Waals surface area contributed by atoms with Crippen molar-refractivity contribution < 1.29 is 14.4 Å². The molecule has 1 fully saturated rings. The maximum absolute atomic E-state index is 11.6. The molecule has 0 aliphatic heterocycles. The van der Waals surface area contributed by atoms with E-state index in [1.54, 1.807) is 6.92 Å². The van der Waals surface area contributed by atoms with Crippen molar-refractivity contribution in [1.29, 1.82) is 0 Å². The molecule has 0 heterocycles. The molecule has 0 bridgehead atoms. The first kappa shape index (κ1) is 14.0. The Labute approximate surface area is 102 Å². The predicted octanol–water partition coefficient (Wildman–Crippen LogP) is 1.14. The second-order valence-electron chi connectivity index (χ2n) is 4.87. The molecule has 0 aromatic heterocycles. The highest BCUT2D eigenvalue weighted by Crippen LogP contribution is 2.24. The molecule has 1 atom stereocenters. The normalized spacial score (nSPS) is 18.1. The Bertz CT molecular complexity index is 273. The Morgan fingerprint density at radius 1 is 1.18 bits per heavy atom. The van der Waals surface area contributed by atoms with Crippen LogP contribution in [-0.2, 0) is 14.4 Å². The lowest BCUT2D eigenvalue weighted by Gasteiger charge is -2.16. The minimum atomic E-state index is -0.664. The van der Waals surface area contributed by atoms with Crippen LogP contribution in [0.3, 0.4) is 0 Å². The number of carbonyl (C=O) groups is 2. The molecule has 98 valence electrons. The number of hydroxylamine groups is 1. The highest BCUT2D eigenvalue weighted by Gasteiger charge is 2.24. The van der Waals surface area contributed by atoms with Crippen LogP contribution in [0.2, 0.25) is 0 Å². The van der Waals surface area contributed by atoms with Crippen molar-refractivity contribution in [2.75, 3.05) is 0 Å². The van der Waals surface area contributed by atoms with Crippen LogP contribution in [0.15, 0.2) is 0 Å². The van der Waals surface area contributed by atoms with E-state index in [4.69, 9.17) is 4.84 Å². The molecule has 2 N–H and O–H groups in total. The Hall–Kier alpha value is -1.10. The van der Waals surface area contributed by atoms with E-state index in [2.05, 4.69) is 10.8 Å². The molecular formula is C12H22N2O3. The number of rotatable bonds is 5. The molecule has 1 aliphatic carbocycles. The summed E-state index contributed by atoms with van der Waals surface area (Å²) < 4.78 is 0. The molecule has 0 aromatic carbocycles. The summed E-state index contributed by atoms with van der Waals surface area (Å²) in [7, 11) is 0. The van der Waals surface area contributed by atoms with Gasteiger partial charge in [-0.05, 0) is 33.6 Å². The van der Waals surface area contributed by atoms with Gasteiger partial charge < -0.3 is 5.32 Å². The second kappa shape index (κ2) is 6.59. The Balaban J connectivity index is 2.24. The van der Waals surface area contributed by atoms with Crippen molar-refractivity contribution in [3.05, 3.63) is 0 Å². The molecule has 1 saturated carbocycles. The lowest BCUT2D eigenvalue weighted by Crippen LogP contribution is -2.42. The lowest BCUT2D eigenvalue weighted by molar-refractivity contribution is -0.149. The number of hydrogen-bond donors (Lipinski definition) is 2. The summed E-state index contributed by atoms with van der Waals surface area (Å²) in [5, 5.41) is 2.72. The third-order valence-corrected chi connectivity index (χ3v) is 2.86. The number of nitrogens with one attached hydrogen (secondary N) is 2. The Morgan fingerprint density at radius 3 is 2.29 bits per heavy atom. The van der Waals surface area contributed by atoms with Crippen molar-refractivity contribution in [3.8, 4) is 0 Å². The fourth-order valence-electron chi connectivity index (χ4n) is 1.87. The van der Waals surface area contributed by atoms with Gasteiger partial charge in [0.15, 0.2) is 6.10 Å². The van der Waals surface area contributed by atoms with Crippen LogP contribution in [0, 0.1) is 5.92 Å². The quantitative estimate of drug-likeness (QED) is 0.710. The van der Waals surface area contributed by atoms with Crippen molar-refractivity contribution >= 4 is 11.8 Å². The molecule has 2 amide bonds. The van der Waals surface area contributed by atoms with Crippen LogP contribution in [0.5, 0.6) is 0 Å². The van der Waals surface area contributed by atoms with Crippen LogP contribution in [0.25, 0.3) is 0 Å². The zero-order valence-corrected chi connectivity index (χ0v) is 10.8. The summed E-state index contributed by atoms with van der Waals surface area (Å²) in [5.74, 6) is -0.270. The molecule has 0 radical (unpaired) electrons. The van der Waals surface area contributed by atoms with E-state index >= 15 is 0 Å². The smallest absolute Gasteiger partial charge is 0.251 e. The average Bonchev–Trinajstić information content (AvgIpc) is 2.77. The van der Waals surface area contributed by atoms with Gasteiger partial charge in [-0.3, -0.25) is 14.4 Å². The van der Waals surface area contributed by atoms with E-state index in [0.717, 1.165) is 25.7 Å². The molecule has 0 unspecified atom stereocenters. The summed E-state index contributed by atoms with van der Waals surface area (Å²) >= 11 is 0. The van der Waals surface area contributed by atoms with Gasteiger partial charge in [-0.25, -0.2) is 5.48 Å². The van der Waals surface area contributed by atoms with E-state index in [1.165, 1.54) is 0 Å². The number of carbonyl (C=O) groups excluding carboxylic acids is 2. The topological polar surface area (TPSA) is 67.4 Å². The minimum absolute atomic E-state index is 0.0513. The largest absolute Gasteiger partial charge is 0.352 e. The molecule has 1 rings (SSSR count). The fraction of sp³-hybridized carbons (Fsp3) is 0.833. The van der Waals surface area contributed by atoms with Crippen LogP contribution < -0.4 is 10.8 Å². The van der Waals surface area contributed by atoms with E-state index in [1.807, 2.05) is 13.8 Å². The summed E-state index contributed by atoms with van der Waals surface area (Å²) in [6, 6.07) is 0.0686. The van der Waals surface area contributed by atoms with E-state index in [9.17, 15) is 9.59 Å². The highest BCUT2D eigenvalue weighted by molar-refractivity contribution is 5.81. The van der Waals surface area contributed by atoms with Crippen molar-refractivity contribution in [1.82, 2.24) is 10.8 Å². The van der Waals surface area contributed by atoms with Crippen LogP contribution in [-0.4, -0.2) is 24.0 Å². The number of amides is 2. The maximum atomic E-state index is 11.6. The van der Waals surface area contributed by atoms with E-state index in [0.29, 0.717) is 0 Å². The van der Waals surface area contributed by atoms with E-state index in [-0.39, 0.29) is 23.8 Å². The van der Waals surface area contributed by atoms with Crippen molar-refractivity contribution in [2.45, 2.75) is 58.6 Å². The monoisotopic (exact) mass is 242 g/mol. The van der Waals surface area contributed by atoms with Crippen LogP contribution >= 0.6 is 0 Å². The molecular weight excluding hydrogens is 220 g/mol. The molecule has 0 spiro atoms. The van der Waals surface area contributed by atoms with Crippen LogP contribution in [0.1, 0.15) is 46.5 Å². The third-order valence-electron chi connectivity index (χ3n) is 2.86. The summed E-state index contributed by atoms with van der Waals surface area (Å²) in [6.07, 6.45) is 3.37. The van der Waals surface area contributed by atoms with Crippen LogP contribution in [0.4, 0.5) is 0 Å². The Morgan fingerprint density at radius 2 is 1.76 bits per heavy atom. The maximum Gasteiger partial charge on any atom is 0.251 e. The van der Waals surface area contributed by atoms with Gasteiger partial charge in [0.05, 0.1) is 0 Å². The third kappa shape index (κ3) is 4.73. The predicted molar refractivity (Wildman–Crippen MR) is 63.9 cm³/mol. The fourth-order valence-corrected chi connectivity index (χ4v) is 1.87. The number of hydrogen-bond acceptors (Lipinski definition) is 3. The SMILES string of the molecule is CC(C)NC(=O)[C@H](C)ONC(=O)C1CCCC1. The first-order valence-corrected chi connectivity index (χ1v) is 6.26. The average molecular weight is 242 g/mol. The lowest BCUT2D eigenvalue weighted by atomic mass is 10.1. The molecule has 0 aromatic rings. The Kier molecular flexibility index (Phi) is 5.41. The second-order valence-corrected chi connectivity index (χ2v) is 4.87. The van der Waals surface area contributed by atoms with E-state index < -0.39 is 6.10 Å². The van der Waals surface area contributed by atoms with Gasteiger partial charge in [-0.1, -0.05) is 12.8 Å². The molecule has 17 heavy (non-hydrogen) atoms. The summed E-state index contributed by atoms with van der Waals surface area (Å²) in [6.45, 7) is 5.37. The van der Waals surface area contributed by atoms with Crippen molar-refractivity contribution in [3.63, 3.8) is 0 Å².